The molecular formula is C17H16N6. The van der Waals surface area contributed by atoms with E-state index < -0.39 is 0 Å². The maximum atomic E-state index is 9.14. The van der Waals surface area contributed by atoms with E-state index in [9.17, 15) is 0 Å². The van der Waals surface area contributed by atoms with Crippen LogP contribution >= 0.6 is 0 Å². The van der Waals surface area contributed by atoms with E-state index in [1.165, 1.54) is 11.8 Å². The lowest BCUT2D eigenvalue weighted by atomic mass is 10.2. The van der Waals surface area contributed by atoms with Gasteiger partial charge in [0.1, 0.15) is 11.9 Å². The quantitative estimate of drug-likeness (QED) is 0.723. The van der Waals surface area contributed by atoms with Gasteiger partial charge in [-0.05, 0) is 5.56 Å². The van der Waals surface area contributed by atoms with E-state index in [1.807, 2.05) is 36.3 Å². The van der Waals surface area contributed by atoms with Gasteiger partial charge < -0.3 is 9.47 Å². The smallest absolute Gasteiger partial charge is 0.183 e. The molecule has 114 valence electrons. The molecule has 2 aromatic heterocycles. The monoisotopic (exact) mass is 304 g/mol. The fourth-order valence-electron chi connectivity index (χ4n) is 2.39. The Morgan fingerprint density at radius 2 is 1.87 bits per heavy atom. The number of aromatic nitrogens is 4. The van der Waals surface area contributed by atoms with Crippen LogP contribution in [-0.4, -0.2) is 26.6 Å². The Balaban J connectivity index is 1.79. The minimum absolute atomic E-state index is 0.316. The number of imidazole rings is 1. The lowest BCUT2D eigenvalue weighted by Gasteiger charge is -2.19. The first kappa shape index (κ1) is 14.7. The van der Waals surface area contributed by atoms with E-state index in [1.54, 1.807) is 12.4 Å². The van der Waals surface area contributed by atoms with E-state index >= 15 is 0 Å². The summed E-state index contributed by atoms with van der Waals surface area (Å²) in [4.78, 5) is 14.6. The first-order chi connectivity index (χ1) is 11.3. The number of rotatable bonds is 5. The third kappa shape index (κ3) is 3.35. The summed E-state index contributed by atoms with van der Waals surface area (Å²) < 4.78 is 2.09. The highest BCUT2D eigenvalue weighted by atomic mass is 15.2. The summed E-state index contributed by atoms with van der Waals surface area (Å²) in [6, 6.07) is 12.3. The molecule has 6 nitrogen and oxygen atoms in total. The van der Waals surface area contributed by atoms with Crippen LogP contribution in [0.3, 0.4) is 0 Å². The molecule has 0 aliphatic rings. The van der Waals surface area contributed by atoms with Gasteiger partial charge in [-0.1, -0.05) is 30.3 Å². The van der Waals surface area contributed by atoms with Gasteiger partial charge in [-0.3, -0.25) is 0 Å². The summed E-state index contributed by atoms with van der Waals surface area (Å²) in [5, 5.41) is 9.14. The molecule has 0 saturated carbocycles. The number of benzene rings is 1. The van der Waals surface area contributed by atoms with Gasteiger partial charge in [0.25, 0.3) is 0 Å². The highest BCUT2D eigenvalue weighted by molar-refractivity contribution is 5.48. The molecule has 0 amide bonds. The maximum absolute atomic E-state index is 9.14. The van der Waals surface area contributed by atoms with E-state index in [-0.39, 0.29) is 0 Å². The number of hydrogen-bond acceptors (Lipinski definition) is 5. The van der Waals surface area contributed by atoms with Crippen LogP contribution in [0.15, 0.2) is 55.1 Å². The SMILES string of the molecule is CN(Cc1nccn1Cc1ccccc1)c1nccnc1C#N. The van der Waals surface area contributed by atoms with Gasteiger partial charge in [-0.25, -0.2) is 15.0 Å². The molecule has 1 aromatic carbocycles. The lowest BCUT2D eigenvalue weighted by molar-refractivity contribution is 0.703. The molecule has 0 unspecified atom stereocenters. The Labute approximate surface area is 134 Å². The third-order valence-corrected chi connectivity index (χ3v) is 3.52. The van der Waals surface area contributed by atoms with Gasteiger partial charge in [0.05, 0.1) is 6.54 Å². The molecule has 23 heavy (non-hydrogen) atoms. The van der Waals surface area contributed by atoms with E-state index in [4.69, 9.17) is 5.26 Å². The molecule has 0 atom stereocenters. The van der Waals surface area contributed by atoms with Crippen molar-refractivity contribution in [3.63, 3.8) is 0 Å². The molecular weight excluding hydrogens is 288 g/mol. The molecule has 0 radical (unpaired) electrons. The summed E-state index contributed by atoms with van der Waals surface area (Å²) in [5.41, 5.74) is 1.53. The summed E-state index contributed by atoms with van der Waals surface area (Å²) in [7, 11) is 1.88. The van der Waals surface area contributed by atoms with Crippen molar-refractivity contribution < 1.29 is 0 Å². The molecule has 0 aliphatic carbocycles. The summed E-state index contributed by atoms with van der Waals surface area (Å²) in [5.74, 6) is 1.47. The van der Waals surface area contributed by atoms with Crippen LogP contribution in [0.5, 0.6) is 0 Å². The Morgan fingerprint density at radius 3 is 2.65 bits per heavy atom. The zero-order valence-corrected chi connectivity index (χ0v) is 12.8. The van der Waals surface area contributed by atoms with Gasteiger partial charge in [0.15, 0.2) is 11.5 Å². The van der Waals surface area contributed by atoms with Crippen LogP contribution in [0.1, 0.15) is 17.1 Å². The van der Waals surface area contributed by atoms with Crippen molar-refractivity contribution in [2.24, 2.45) is 0 Å². The van der Waals surface area contributed by atoms with Crippen LogP contribution in [-0.2, 0) is 13.1 Å². The Kier molecular flexibility index (Phi) is 4.29. The molecule has 3 rings (SSSR count). The van der Waals surface area contributed by atoms with Gasteiger partial charge in [0.2, 0.25) is 0 Å². The Morgan fingerprint density at radius 1 is 1.09 bits per heavy atom. The zero-order chi connectivity index (χ0) is 16.1. The van der Waals surface area contributed by atoms with Crippen molar-refractivity contribution in [1.29, 1.82) is 5.26 Å². The molecule has 0 spiro atoms. The van der Waals surface area contributed by atoms with E-state index in [0.717, 1.165) is 12.4 Å². The molecule has 0 N–H and O–H groups in total. The third-order valence-electron chi connectivity index (χ3n) is 3.52. The highest BCUT2D eigenvalue weighted by Gasteiger charge is 2.13. The zero-order valence-electron chi connectivity index (χ0n) is 12.8. The predicted molar refractivity (Wildman–Crippen MR) is 86.6 cm³/mol. The maximum Gasteiger partial charge on any atom is 0.183 e. The minimum Gasteiger partial charge on any atom is -0.350 e. The van der Waals surface area contributed by atoms with Crippen LogP contribution in [0.25, 0.3) is 0 Å². The molecule has 0 aliphatic heterocycles. The molecule has 0 fully saturated rings. The topological polar surface area (TPSA) is 70.6 Å². The fraction of sp³-hybridized carbons (Fsp3) is 0.176. The summed E-state index contributed by atoms with van der Waals surface area (Å²) in [6.45, 7) is 1.31. The fourth-order valence-corrected chi connectivity index (χ4v) is 2.39. The van der Waals surface area contributed by atoms with Crippen molar-refractivity contribution in [3.05, 3.63) is 72.2 Å². The predicted octanol–water partition coefficient (Wildman–Crippen LogP) is 2.23. The summed E-state index contributed by atoms with van der Waals surface area (Å²) >= 11 is 0. The first-order valence-electron chi connectivity index (χ1n) is 7.24. The van der Waals surface area contributed by atoms with Crippen LogP contribution in [0.2, 0.25) is 0 Å². The van der Waals surface area contributed by atoms with Gasteiger partial charge in [-0.15, -0.1) is 0 Å². The van der Waals surface area contributed by atoms with Crippen molar-refractivity contribution in [3.8, 4) is 6.07 Å². The summed E-state index contributed by atoms with van der Waals surface area (Å²) in [6.07, 6.45) is 6.85. The molecule has 0 saturated heterocycles. The van der Waals surface area contributed by atoms with Crippen LogP contribution < -0.4 is 4.90 Å². The average molecular weight is 304 g/mol. The largest absolute Gasteiger partial charge is 0.350 e. The molecule has 6 heteroatoms. The van der Waals surface area contributed by atoms with Gasteiger partial charge >= 0.3 is 0 Å². The van der Waals surface area contributed by atoms with E-state index in [0.29, 0.717) is 18.1 Å². The number of nitrogens with zero attached hydrogens (tertiary/aromatic N) is 6. The molecule has 3 aromatic rings. The highest BCUT2D eigenvalue weighted by Crippen LogP contribution is 2.15. The average Bonchev–Trinajstić information content (AvgIpc) is 3.02. The van der Waals surface area contributed by atoms with Gasteiger partial charge in [-0.2, -0.15) is 5.26 Å². The number of anilines is 1. The van der Waals surface area contributed by atoms with Crippen molar-refractivity contribution >= 4 is 5.82 Å². The first-order valence-corrected chi connectivity index (χ1v) is 7.24. The van der Waals surface area contributed by atoms with Crippen LogP contribution in [0.4, 0.5) is 5.82 Å². The van der Waals surface area contributed by atoms with Crippen molar-refractivity contribution in [2.45, 2.75) is 13.1 Å². The second kappa shape index (κ2) is 6.71. The standard InChI is InChI=1S/C17H16N6/c1-22(17-15(11-18)19-7-8-21-17)13-16-20-9-10-23(16)12-14-5-3-2-4-6-14/h2-10H,12-13H2,1H3. The normalized spacial score (nSPS) is 10.3. The lowest BCUT2D eigenvalue weighted by Crippen LogP contribution is -2.22. The second-order valence-corrected chi connectivity index (χ2v) is 5.15. The minimum atomic E-state index is 0.316. The van der Waals surface area contributed by atoms with Crippen molar-refractivity contribution in [1.82, 2.24) is 19.5 Å². The van der Waals surface area contributed by atoms with Gasteiger partial charge in [0, 0.05) is 38.4 Å². The van der Waals surface area contributed by atoms with Crippen molar-refractivity contribution in [2.75, 3.05) is 11.9 Å². The van der Waals surface area contributed by atoms with E-state index in [2.05, 4.69) is 37.7 Å². The molecule has 0 bridgehead atoms. The Hall–Kier alpha value is -3.20. The van der Waals surface area contributed by atoms with Crippen LogP contribution in [0, 0.1) is 11.3 Å². The number of nitriles is 1. The second-order valence-electron chi connectivity index (χ2n) is 5.15. The Bertz CT molecular complexity index is 818. The number of hydrogen-bond donors (Lipinski definition) is 0. The molecule has 2 heterocycles.